The Labute approximate surface area is 164 Å². The maximum Gasteiger partial charge on any atom is 0.264 e. The molecule has 2 aromatic carbocycles. The third-order valence-electron chi connectivity index (χ3n) is 6.35. The lowest BCUT2D eigenvalue weighted by molar-refractivity contribution is 0.0953. The van der Waals surface area contributed by atoms with Gasteiger partial charge in [-0.2, -0.15) is 0 Å². The molecular formula is C23H26F2N2O. The van der Waals surface area contributed by atoms with Crippen LogP contribution in [0.3, 0.4) is 0 Å². The lowest BCUT2D eigenvalue weighted by atomic mass is 9.68. The van der Waals surface area contributed by atoms with Gasteiger partial charge in [-0.15, -0.1) is 0 Å². The number of fused-ring (bicyclic) bond motifs is 2. The first-order chi connectivity index (χ1) is 13.5. The van der Waals surface area contributed by atoms with Crippen LogP contribution < -0.4 is 10.2 Å². The van der Waals surface area contributed by atoms with Gasteiger partial charge in [-0.1, -0.05) is 37.1 Å². The van der Waals surface area contributed by atoms with Crippen molar-refractivity contribution in [3.63, 3.8) is 0 Å². The molecule has 2 aliphatic heterocycles. The van der Waals surface area contributed by atoms with Crippen LogP contribution in [0.5, 0.6) is 0 Å². The average molecular weight is 384 g/mol. The van der Waals surface area contributed by atoms with E-state index in [0.29, 0.717) is 0 Å². The van der Waals surface area contributed by atoms with E-state index in [9.17, 15) is 13.6 Å². The van der Waals surface area contributed by atoms with E-state index in [1.807, 2.05) is 19.1 Å². The largest absolute Gasteiger partial charge is 0.317 e. The van der Waals surface area contributed by atoms with Gasteiger partial charge in [-0.25, -0.2) is 8.78 Å². The van der Waals surface area contributed by atoms with Crippen molar-refractivity contribution >= 4 is 11.6 Å². The number of aryl methyl sites for hydroxylation is 1. The SMILES string of the molecule is CCCC1N(C(=O)c2c(F)cccc2F)c2ccc(C)cc2C12CCNCC2. The molecule has 1 unspecified atom stereocenters. The highest BCUT2D eigenvalue weighted by Gasteiger charge is 2.53. The van der Waals surface area contributed by atoms with Crippen molar-refractivity contribution in [3.8, 4) is 0 Å². The summed E-state index contributed by atoms with van der Waals surface area (Å²) in [6.07, 6.45) is 3.53. The van der Waals surface area contributed by atoms with Crippen molar-refractivity contribution in [2.24, 2.45) is 0 Å². The number of hydrogen-bond acceptors (Lipinski definition) is 2. The minimum absolute atomic E-state index is 0.0945. The van der Waals surface area contributed by atoms with E-state index in [0.717, 1.165) is 67.7 Å². The van der Waals surface area contributed by atoms with E-state index in [1.165, 1.54) is 6.07 Å². The van der Waals surface area contributed by atoms with Crippen LogP contribution in [0.15, 0.2) is 36.4 Å². The number of hydrogen-bond donors (Lipinski definition) is 1. The lowest BCUT2D eigenvalue weighted by Crippen LogP contribution is -2.52. The van der Waals surface area contributed by atoms with Crippen LogP contribution in [0.1, 0.15) is 54.1 Å². The second-order valence-electron chi connectivity index (χ2n) is 8.00. The molecule has 0 aliphatic carbocycles. The molecule has 1 atom stereocenters. The molecule has 1 fully saturated rings. The van der Waals surface area contributed by atoms with Crippen molar-refractivity contribution in [1.82, 2.24) is 5.32 Å². The fourth-order valence-corrected chi connectivity index (χ4v) is 5.08. The first-order valence-electron chi connectivity index (χ1n) is 10.1. The van der Waals surface area contributed by atoms with Crippen LogP contribution in [-0.2, 0) is 5.41 Å². The van der Waals surface area contributed by atoms with Gasteiger partial charge in [0.25, 0.3) is 5.91 Å². The van der Waals surface area contributed by atoms with Gasteiger partial charge in [0.1, 0.15) is 17.2 Å². The molecule has 0 bridgehead atoms. The summed E-state index contributed by atoms with van der Waals surface area (Å²) in [5.74, 6) is -2.19. The van der Waals surface area contributed by atoms with Gasteiger partial charge in [0, 0.05) is 17.1 Å². The number of carbonyl (C=O) groups is 1. The number of amides is 1. The first-order valence-corrected chi connectivity index (χ1v) is 10.1. The number of rotatable bonds is 3. The number of piperidine rings is 1. The highest BCUT2D eigenvalue weighted by molar-refractivity contribution is 6.08. The third kappa shape index (κ3) is 2.84. The van der Waals surface area contributed by atoms with Crippen LogP contribution in [0.2, 0.25) is 0 Å². The molecule has 1 N–H and O–H groups in total. The molecule has 0 aromatic heterocycles. The Morgan fingerprint density at radius 2 is 1.86 bits per heavy atom. The number of anilines is 1. The van der Waals surface area contributed by atoms with Crippen LogP contribution in [0.4, 0.5) is 14.5 Å². The second kappa shape index (κ2) is 7.28. The number of nitrogens with one attached hydrogen (secondary N) is 1. The topological polar surface area (TPSA) is 32.3 Å². The predicted octanol–water partition coefficient (Wildman–Crippen LogP) is 4.72. The number of halogens is 2. The first kappa shape index (κ1) is 19.1. The van der Waals surface area contributed by atoms with Gasteiger partial charge in [-0.3, -0.25) is 4.79 Å². The molecule has 0 radical (unpaired) electrons. The van der Waals surface area contributed by atoms with E-state index >= 15 is 0 Å². The van der Waals surface area contributed by atoms with Crippen molar-refractivity contribution in [1.29, 1.82) is 0 Å². The van der Waals surface area contributed by atoms with Gasteiger partial charge in [0.15, 0.2) is 0 Å². The zero-order valence-electron chi connectivity index (χ0n) is 16.4. The monoisotopic (exact) mass is 384 g/mol. The quantitative estimate of drug-likeness (QED) is 0.830. The Morgan fingerprint density at radius 1 is 1.18 bits per heavy atom. The maximum atomic E-state index is 14.4. The number of nitrogens with zero attached hydrogens (tertiary/aromatic N) is 1. The van der Waals surface area contributed by atoms with Crippen LogP contribution >= 0.6 is 0 Å². The highest BCUT2D eigenvalue weighted by Crippen LogP contribution is 2.52. The summed E-state index contributed by atoms with van der Waals surface area (Å²) >= 11 is 0. The van der Waals surface area contributed by atoms with Gasteiger partial charge in [0.2, 0.25) is 0 Å². The highest BCUT2D eigenvalue weighted by atomic mass is 19.1. The summed E-state index contributed by atoms with van der Waals surface area (Å²) in [6, 6.07) is 9.58. The Kier molecular flexibility index (Phi) is 4.96. The fraction of sp³-hybridized carbons (Fsp3) is 0.435. The normalized spacial score (nSPS) is 20.4. The van der Waals surface area contributed by atoms with Gasteiger partial charge < -0.3 is 10.2 Å². The summed E-state index contributed by atoms with van der Waals surface area (Å²) in [5, 5.41) is 3.41. The molecule has 1 amide bonds. The van der Waals surface area contributed by atoms with E-state index in [4.69, 9.17) is 0 Å². The average Bonchev–Trinajstić information content (AvgIpc) is 2.92. The Hall–Kier alpha value is -2.27. The minimum atomic E-state index is -0.805. The lowest BCUT2D eigenvalue weighted by Gasteiger charge is -2.42. The minimum Gasteiger partial charge on any atom is -0.317 e. The molecule has 2 heterocycles. The number of benzene rings is 2. The van der Waals surface area contributed by atoms with E-state index in [-0.39, 0.29) is 11.5 Å². The molecule has 28 heavy (non-hydrogen) atoms. The molecule has 2 aromatic rings. The number of carbonyl (C=O) groups excluding carboxylic acids is 1. The van der Waals surface area contributed by atoms with E-state index in [2.05, 4.69) is 18.3 Å². The van der Waals surface area contributed by atoms with E-state index < -0.39 is 23.1 Å². The summed E-state index contributed by atoms with van der Waals surface area (Å²) < 4.78 is 28.9. The van der Waals surface area contributed by atoms with Crippen molar-refractivity contribution < 1.29 is 13.6 Å². The molecule has 1 spiro atoms. The Morgan fingerprint density at radius 3 is 2.50 bits per heavy atom. The van der Waals surface area contributed by atoms with Crippen molar-refractivity contribution in [2.45, 2.75) is 51.0 Å². The molecule has 3 nitrogen and oxygen atoms in total. The van der Waals surface area contributed by atoms with Gasteiger partial charge >= 0.3 is 0 Å². The Bertz CT molecular complexity index is 885. The summed E-state index contributed by atoms with van der Waals surface area (Å²) in [7, 11) is 0. The summed E-state index contributed by atoms with van der Waals surface area (Å²) in [6.45, 7) is 5.90. The molecular weight excluding hydrogens is 358 g/mol. The molecule has 148 valence electrons. The zero-order valence-corrected chi connectivity index (χ0v) is 16.4. The molecule has 2 aliphatic rings. The van der Waals surface area contributed by atoms with Gasteiger partial charge in [0.05, 0.1) is 0 Å². The molecule has 0 saturated carbocycles. The summed E-state index contributed by atoms with van der Waals surface area (Å²) in [4.78, 5) is 15.2. The van der Waals surface area contributed by atoms with Crippen molar-refractivity contribution in [2.75, 3.05) is 18.0 Å². The second-order valence-corrected chi connectivity index (χ2v) is 8.00. The zero-order chi connectivity index (χ0) is 19.9. The van der Waals surface area contributed by atoms with E-state index in [1.54, 1.807) is 4.90 Å². The van der Waals surface area contributed by atoms with Crippen LogP contribution in [0, 0.1) is 18.6 Å². The third-order valence-corrected chi connectivity index (χ3v) is 6.35. The summed E-state index contributed by atoms with van der Waals surface area (Å²) in [5.41, 5.74) is 2.47. The Balaban J connectivity index is 1.90. The maximum absolute atomic E-state index is 14.4. The van der Waals surface area contributed by atoms with Crippen LogP contribution in [-0.4, -0.2) is 25.0 Å². The molecule has 5 heteroatoms. The fourth-order valence-electron chi connectivity index (χ4n) is 5.08. The van der Waals surface area contributed by atoms with Crippen molar-refractivity contribution in [3.05, 3.63) is 64.7 Å². The smallest absolute Gasteiger partial charge is 0.264 e. The molecule has 4 rings (SSSR count). The van der Waals surface area contributed by atoms with Crippen LogP contribution in [0.25, 0.3) is 0 Å². The molecule has 1 saturated heterocycles. The standard InChI is InChI=1S/C23H26F2N2O/c1-3-5-20-23(10-12-26-13-11-23)16-14-15(2)8-9-19(16)27(20)22(28)21-17(24)6-4-7-18(21)25/h4,6-9,14,20,26H,3,5,10-13H2,1-2H3. The van der Waals surface area contributed by atoms with Gasteiger partial charge in [-0.05, 0) is 63.0 Å². The predicted molar refractivity (Wildman–Crippen MR) is 107 cm³/mol.